The standard InChI is InChI=1S/C7H14N2O4/c10-5-8-4-2-1-3-6(9-13)7(11)12/h5-6,9,13H,1-4H2,(H,8,10)(H,11,12)/t6-/m0/s1. The maximum Gasteiger partial charge on any atom is 0.323 e. The average molecular weight is 190 g/mol. The molecular formula is C7H14N2O4. The third-order valence-electron chi connectivity index (χ3n) is 1.60. The van der Waals surface area contributed by atoms with Gasteiger partial charge in [-0.15, -0.1) is 0 Å². The fourth-order valence-corrected chi connectivity index (χ4v) is 0.878. The van der Waals surface area contributed by atoms with Gasteiger partial charge in [-0.05, 0) is 19.3 Å². The molecule has 6 nitrogen and oxygen atoms in total. The van der Waals surface area contributed by atoms with Crippen LogP contribution in [0, 0.1) is 0 Å². The summed E-state index contributed by atoms with van der Waals surface area (Å²) in [6, 6.07) is -0.920. The summed E-state index contributed by atoms with van der Waals surface area (Å²) in [7, 11) is 0. The van der Waals surface area contributed by atoms with E-state index < -0.39 is 12.0 Å². The first kappa shape index (κ1) is 11.9. The van der Waals surface area contributed by atoms with E-state index >= 15 is 0 Å². The molecule has 1 amide bonds. The van der Waals surface area contributed by atoms with Gasteiger partial charge < -0.3 is 15.6 Å². The van der Waals surface area contributed by atoms with Crippen LogP contribution in [0.15, 0.2) is 0 Å². The van der Waals surface area contributed by atoms with E-state index in [0.29, 0.717) is 32.2 Å². The van der Waals surface area contributed by atoms with Crippen LogP contribution in [0.1, 0.15) is 19.3 Å². The molecule has 0 unspecified atom stereocenters. The van der Waals surface area contributed by atoms with E-state index in [4.69, 9.17) is 10.3 Å². The Bertz CT molecular complexity index is 163. The summed E-state index contributed by atoms with van der Waals surface area (Å²) in [6.45, 7) is 0.529. The SMILES string of the molecule is O=CNCCCC[C@H](NO)C(=O)O. The maximum atomic E-state index is 10.4. The first-order valence-corrected chi connectivity index (χ1v) is 4.01. The van der Waals surface area contributed by atoms with Gasteiger partial charge >= 0.3 is 5.97 Å². The van der Waals surface area contributed by atoms with E-state index in [-0.39, 0.29) is 0 Å². The van der Waals surface area contributed by atoms with Crippen molar-refractivity contribution in [2.75, 3.05) is 6.54 Å². The van der Waals surface area contributed by atoms with Gasteiger partial charge in [0.1, 0.15) is 6.04 Å². The highest BCUT2D eigenvalue weighted by molar-refractivity contribution is 5.73. The molecule has 0 fully saturated rings. The van der Waals surface area contributed by atoms with Crippen LogP contribution in [0.4, 0.5) is 0 Å². The van der Waals surface area contributed by atoms with Gasteiger partial charge in [0.2, 0.25) is 6.41 Å². The number of carbonyl (C=O) groups is 2. The molecule has 13 heavy (non-hydrogen) atoms. The number of nitrogens with one attached hydrogen (secondary N) is 2. The highest BCUT2D eigenvalue weighted by atomic mass is 16.5. The van der Waals surface area contributed by atoms with E-state index in [0.717, 1.165) is 0 Å². The number of hydrogen-bond acceptors (Lipinski definition) is 4. The van der Waals surface area contributed by atoms with Crippen molar-refractivity contribution < 1.29 is 19.9 Å². The predicted octanol–water partition coefficient (Wildman–Crippen LogP) is -0.665. The van der Waals surface area contributed by atoms with Crippen molar-refractivity contribution >= 4 is 12.4 Å². The summed E-state index contributed by atoms with van der Waals surface area (Å²) in [5.74, 6) is -1.08. The largest absolute Gasteiger partial charge is 0.480 e. The number of carboxylic acids is 1. The first-order valence-electron chi connectivity index (χ1n) is 4.01. The van der Waals surface area contributed by atoms with E-state index in [2.05, 4.69) is 5.32 Å². The Balaban J connectivity index is 3.38. The van der Waals surface area contributed by atoms with Gasteiger partial charge in [-0.3, -0.25) is 9.59 Å². The minimum absolute atomic E-state index is 0.340. The fraction of sp³-hybridized carbons (Fsp3) is 0.714. The van der Waals surface area contributed by atoms with Crippen LogP contribution >= 0.6 is 0 Å². The van der Waals surface area contributed by atoms with Crippen LogP contribution in [0.25, 0.3) is 0 Å². The number of carboxylic acid groups (broad SMARTS) is 1. The Morgan fingerprint density at radius 1 is 1.46 bits per heavy atom. The summed E-state index contributed by atoms with van der Waals surface area (Å²) in [5, 5.41) is 19.3. The van der Waals surface area contributed by atoms with E-state index in [1.165, 1.54) is 0 Å². The van der Waals surface area contributed by atoms with Crippen molar-refractivity contribution in [3.8, 4) is 0 Å². The Hall–Kier alpha value is -1.14. The molecule has 0 saturated carbocycles. The van der Waals surface area contributed by atoms with E-state index in [1.807, 2.05) is 0 Å². The van der Waals surface area contributed by atoms with E-state index in [1.54, 1.807) is 5.48 Å². The monoisotopic (exact) mass is 190 g/mol. The van der Waals surface area contributed by atoms with Crippen LogP contribution < -0.4 is 10.8 Å². The van der Waals surface area contributed by atoms with Gasteiger partial charge in [-0.2, -0.15) is 5.48 Å². The summed E-state index contributed by atoms with van der Waals surface area (Å²) < 4.78 is 0. The zero-order chi connectivity index (χ0) is 10.1. The second-order valence-corrected chi connectivity index (χ2v) is 2.59. The Kier molecular flexibility index (Phi) is 6.85. The molecule has 0 saturated heterocycles. The number of amides is 1. The van der Waals surface area contributed by atoms with E-state index in [9.17, 15) is 9.59 Å². The van der Waals surface area contributed by atoms with Crippen molar-refractivity contribution in [3.05, 3.63) is 0 Å². The normalized spacial score (nSPS) is 12.1. The minimum Gasteiger partial charge on any atom is -0.480 e. The summed E-state index contributed by atoms with van der Waals surface area (Å²) in [5.41, 5.74) is 1.70. The quantitative estimate of drug-likeness (QED) is 0.231. The van der Waals surface area contributed by atoms with Crippen LogP contribution in [-0.4, -0.2) is 35.3 Å². The number of hydroxylamine groups is 1. The zero-order valence-corrected chi connectivity index (χ0v) is 7.19. The van der Waals surface area contributed by atoms with Gasteiger partial charge in [-0.1, -0.05) is 0 Å². The topological polar surface area (TPSA) is 98.7 Å². The Labute approximate surface area is 75.9 Å². The Morgan fingerprint density at radius 3 is 2.62 bits per heavy atom. The summed E-state index contributed by atoms with van der Waals surface area (Å²) in [4.78, 5) is 20.2. The van der Waals surface area contributed by atoms with Gasteiger partial charge in [0.15, 0.2) is 0 Å². The van der Waals surface area contributed by atoms with Crippen molar-refractivity contribution in [1.82, 2.24) is 10.8 Å². The molecular weight excluding hydrogens is 176 g/mol. The number of rotatable bonds is 8. The lowest BCUT2D eigenvalue weighted by Crippen LogP contribution is -2.34. The molecule has 0 aromatic carbocycles. The highest BCUT2D eigenvalue weighted by Crippen LogP contribution is 1.99. The molecule has 0 aliphatic rings. The number of hydrogen-bond donors (Lipinski definition) is 4. The molecule has 1 atom stereocenters. The van der Waals surface area contributed by atoms with Crippen LogP contribution in [0.5, 0.6) is 0 Å². The van der Waals surface area contributed by atoms with Crippen molar-refractivity contribution in [3.63, 3.8) is 0 Å². The van der Waals surface area contributed by atoms with Gasteiger partial charge in [-0.25, -0.2) is 0 Å². The third kappa shape index (κ3) is 6.06. The van der Waals surface area contributed by atoms with Crippen LogP contribution in [0.2, 0.25) is 0 Å². The summed E-state index contributed by atoms with van der Waals surface area (Å²) in [6.07, 6.45) is 2.26. The molecule has 4 N–H and O–H groups in total. The fourth-order valence-electron chi connectivity index (χ4n) is 0.878. The molecule has 76 valence electrons. The van der Waals surface area contributed by atoms with Gasteiger partial charge in [0, 0.05) is 6.54 Å². The lowest BCUT2D eigenvalue weighted by Gasteiger charge is -2.08. The number of unbranched alkanes of at least 4 members (excludes halogenated alkanes) is 1. The maximum absolute atomic E-state index is 10.4. The smallest absolute Gasteiger partial charge is 0.323 e. The molecule has 0 aromatic heterocycles. The van der Waals surface area contributed by atoms with Crippen molar-refractivity contribution in [1.29, 1.82) is 0 Å². The second-order valence-electron chi connectivity index (χ2n) is 2.59. The van der Waals surface area contributed by atoms with Crippen LogP contribution in [-0.2, 0) is 9.59 Å². The molecule has 0 aliphatic carbocycles. The zero-order valence-electron chi connectivity index (χ0n) is 7.19. The molecule has 0 spiro atoms. The number of carbonyl (C=O) groups excluding carboxylic acids is 1. The molecule has 0 rings (SSSR count). The molecule has 0 aliphatic heterocycles. The molecule has 0 bridgehead atoms. The second kappa shape index (κ2) is 7.51. The third-order valence-corrected chi connectivity index (χ3v) is 1.60. The van der Waals surface area contributed by atoms with Gasteiger partial charge in [0.05, 0.1) is 0 Å². The molecule has 0 radical (unpaired) electrons. The lowest BCUT2D eigenvalue weighted by molar-refractivity contribution is -0.142. The predicted molar refractivity (Wildman–Crippen MR) is 44.3 cm³/mol. The average Bonchev–Trinajstić information content (AvgIpc) is 2.10. The highest BCUT2D eigenvalue weighted by Gasteiger charge is 2.14. The van der Waals surface area contributed by atoms with Crippen LogP contribution in [0.3, 0.4) is 0 Å². The number of aliphatic carboxylic acids is 1. The first-order chi connectivity index (χ1) is 6.22. The summed E-state index contributed by atoms with van der Waals surface area (Å²) >= 11 is 0. The lowest BCUT2D eigenvalue weighted by atomic mass is 10.1. The minimum atomic E-state index is -1.08. The van der Waals surface area contributed by atoms with Crippen molar-refractivity contribution in [2.24, 2.45) is 0 Å². The van der Waals surface area contributed by atoms with Gasteiger partial charge in [0.25, 0.3) is 0 Å². The van der Waals surface area contributed by atoms with Crippen molar-refractivity contribution in [2.45, 2.75) is 25.3 Å². The molecule has 0 heterocycles. The Morgan fingerprint density at radius 2 is 2.15 bits per heavy atom. The molecule has 6 heteroatoms. The molecule has 0 aromatic rings.